The Morgan fingerprint density at radius 3 is 2.35 bits per heavy atom. The molecule has 20 heavy (non-hydrogen) atoms. The number of pyridine rings is 1. The first kappa shape index (κ1) is 13.1. The van der Waals surface area contributed by atoms with Gasteiger partial charge >= 0.3 is 0 Å². The lowest BCUT2D eigenvalue weighted by Gasteiger charge is -2.27. The number of nitrogens with zero attached hydrogens (tertiary/aromatic N) is 1. The van der Waals surface area contributed by atoms with Crippen molar-refractivity contribution in [2.24, 2.45) is 0 Å². The van der Waals surface area contributed by atoms with Gasteiger partial charge in [-0.05, 0) is 55.7 Å². The highest BCUT2D eigenvalue weighted by atomic mass is 15.0. The fraction of sp³-hybridized carbons (Fsp3) is 0.353. The normalized spacial score (nSPS) is 24.7. The van der Waals surface area contributed by atoms with Crippen LogP contribution in [0.2, 0.25) is 0 Å². The van der Waals surface area contributed by atoms with Crippen molar-refractivity contribution in [1.29, 1.82) is 0 Å². The predicted octanol–water partition coefficient (Wildman–Crippen LogP) is 3.26. The van der Waals surface area contributed by atoms with Crippen LogP contribution in [0.1, 0.15) is 43.4 Å². The molecule has 0 bridgehead atoms. The summed E-state index contributed by atoms with van der Waals surface area (Å²) in [6.07, 6.45) is 4.85. The first-order valence-electron chi connectivity index (χ1n) is 7.09. The van der Waals surface area contributed by atoms with Gasteiger partial charge in [-0.1, -0.05) is 12.1 Å². The average molecular weight is 267 g/mol. The summed E-state index contributed by atoms with van der Waals surface area (Å²) in [5.74, 6) is 0.494. The minimum absolute atomic E-state index is 0.0768. The number of aromatic nitrogens is 1. The van der Waals surface area contributed by atoms with Crippen LogP contribution in [0, 0.1) is 0 Å². The topological polar surface area (TPSA) is 50.9 Å². The Balaban J connectivity index is 1.87. The first-order valence-corrected chi connectivity index (χ1v) is 7.09. The minimum atomic E-state index is 0.0768. The summed E-state index contributed by atoms with van der Waals surface area (Å²) in [6, 6.07) is 12.8. The minimum Gasteiger partial charge on any atom is -0.399 e. The summed E-state index contributed by atoms with van der Waals surface area (Å²) >= 11 is 0. The maximum Gasteiger partial charge on any atom is 0.0331 e. The van der Waals surface area contributed by atoms with Crippen LogP contribution in [0.4, 0.5) is 5.69 Å². The molecule has 2 heterocycles. The molecule has 104 valence electrons. The zero-order valence-electron chi connectivity index (χ0n) is 12.0. The maximum atomic E-state index is 5.77. The fourth-order valence-electron chi connectivity index (χ4n) is 3.24. The number of hydrogen-bond acceptors (Lipinski definition) is 3. The lowest BCUT2D eigenvalue weighted by molar-refractivity contribution is 0.397. The molecule has 2 atom stereocenters. The maximum absolute atomic E-state index is 5.77. The molecule has 3 nitrogen and oxygen atoms in total. The second-order valence-corrected chi connectivity index (χ2v) is 6.15. The number of nitrogens with two attached hydrogens (primary N) is 1. The third kappa shape index (κ3) is 2.41. The van der Waals surface area contributed by atoms with E-state index in [1.165, 1.54) is 11.1 Å². The SMILES string of the molecule is CC1(C)N[C@H](c2ccc(N)cc2)C[C@H]1c1ccncc1. The molecule has 1 fully saturated rings. The molecule has 2 aromatic rings. The molecule has 0 spiro atoms. The van der Waals surface area contributed by atoms with E-state index in [9.17, 15) is 0 Å². The highest BCUT2D eigenvalue weighted by molar-refractivity contribution is 5.41. The van der Waals surface area contributed by atoms with Crippen molar-refractivity contribution in [3.63, 3.8) is 0 Å². The quantitative estimate of drug-likeness (QED) is 0.821. The Bertz CT molecular complexity index is 575. The number of nitrogens with one attached hydrogen (secondary N) is 1. The van der Waals surface area contributed by atoms with Gasteiger partial charge in [-0.15, -0.1) is 0 Å². The monoisotopic (exact) mass is 267 g/mol. The van der Waals surface area contributed by atoms with Crippen LogP contribution in [0.25, 0.3) is 0 Å². The Kier molecular flexibility index (Phi) is 3.22. The number of nitrogen functional groups attached to an aromatic ring is 1. The highest BCUT2D eigenvalue weighted by Crippen LogP contribution is 2.43. The van der Waals surface area contributed by atoms with E-state index >= 15 is 0 Å². The lowest BCUT2D eigenvalue weighted by atomic mass is 9.83. The van der Waals surface area contributed by atoms with Gasteiger partial charge in [-0.3, -0.25) is 4.98 Å². The van der Waals surface area contributed by atoms with Gasteiger partial charge in [0, 0.05) is 35.6 Å². The van der Waals surface area contributed by atoms with Crippen molar-refractivity contribution in [2.75, 3.05) is 5.73 Å². The summed E-state index contributed by atoms with van der Waals surface area (Å²) in [5.41, 5.74) is 9.33. The standard InChI is InChI=1S/C17H21N3/c1-17(2)15(12-7-9-19-10-8-12)11-16(20-17)13-3-5-14(18)6-4-13/h3-10,15-16,20H,11,18H2,1-2H3/t15-,16-/m0/s1. The van der Waals surface area contributed by atoms with Crippen molar-refractivity contribution in [2.45, 2.75) is 37.8 Å². The zero-order valence-corrected chi connectivity index (χ0v) is 12.0. The van der Waals surface area contributed by atoms with Crippen LogP contribution in [-0.2, 0) is 0 Å². The molecule has 1 aliphatic rings. The molecular formula is C17H21N3. The molecule has 1 aromatic heterocycles. The molecule has 0 saturated carbocycles. The molecule has 0 radical (unpaired) electrons. The molecule has 3 rings (SSSR count). The van der Waals surface area contributed by atoms with Gasteiger partial charge in [0.25, 0.3) is 0 Å². The molecule has 3 N–H and O–H groups in total. The van der Waals surface area contributed by atoms with E-state index in [4.69, 9.17) is 5.73 Å². The van der Waals surface area contributed by atoms with Crippen LogP contribution in [0.3, 0.4) is 0 Å². The Labute approximate surface area is 120 Å². The molecule has 3 heteroatoms. The number of anilines is 1. The van der Waals surface area contributed by atoms with Gasteiger partial charge in [0.2, 0.25) is 0 Å². The number of hydrogen-bond donors (Lipinski definition) is 2. The van der Waals surface area contributed by atoms with Gasteiger partial charge < -0.3 is 11.1 Å². The van der Waals surface area contributed by atoms with Crippen molar-refractivity contribution in [1.82, 2.24) is 10.3 Å². The fourth-order valence-corrected chi connectivity index (χ4v) is 3.24. The Hall–Kier alpha value is -1.87. The zero-order chi connectivity index (χ0) is 14.2. The lowest BCUT2D eigenvalue weighted by Crippen LogP contribution is -2.37. The molecule has 1 aromatic carbocycles. The van der Waals surface area contributed by atoms with Gasteiger partial charge in [0.05, 0.1) is 0 Å². The van der Waals surface area contributed by atoms with Crippen LogP contribution in [0.5, 0.6) is 0 Å². The molecular weight excluding hydrogens is 246 g/mol. The molecule has 0 unspecified atom stereocenters. The van der Waals surface area contributed by atoms with E-state index in [1.807, 2.05) is 24.5 Å². The summed E-state index contributed by atoms with van der Waals surface area (Å²) in [7, 11) is 0. The van der Waals surface area contributed by atoms with Gasteiger partial charge in [0.15, 0.2) is 0 Å². The van der Waals surface area contributed by atoms with Crippen LogP contribution in [0.15, 0.2) is 48.8 Å². The number of benzene rings is 1. The average Bonchev–Trinajstić information content (AvgIpc) is 2.76. The third-order valence-corrected chi connectivity index (χ3v) is 4.34. The largest absolute Gasteiger partial charge is 0.399 e. The predicted molar refractivity (Wildman–Crippen MR) is 82.4 cm³/mol. The van der Waals surface area contributed by atoms with E-state index in [1.54, 1.807) is 0 Å². The molecule has 0 aliphatic carbocycles. The van der Waals surface area contributed by atoms with Crippen molar-refractivity contribution < 1.29 is 0 Å². The Morgan fingerprint density at radius 2 is 1.70 bits per heavy atom. The van der Waals surface area contributed by atoms with Crippen LogP contribution < -0.4 is 11.1 Å². The third-order valence-electron chi connectivity index (χ3n) is 4.34. The van der Waals surface area contributed by atoms with Crippen LogP contribution >= 0.6 is 0 Å². The second kappa shape index (κ2) is 4.91. The van der Waals surface area contributed by atoms with Gasteiger partial charge in [-0.25, -0.2) is 0 Å². The van der Waals surface area contributed by atoms with Crippen LogP contribution in [-0.4, -0.2) is 10.5 Å². The smallest absolute Gasteiger partial charge is 0.0331 e. The van der Waals surface area contributed by atoms with E-state index in [-0.39, 0.29) is 5.54 Å². The van der Waals surface area contributed by atoms with E-state index in [0.717, 1.165) is 12.1 Å². The highest BCUT2D eigenvalue weighted by Gasteiger charge is 2.40. The van der Waals surface area contributed by atoms with E-state index in [0.29, 0.717) is 12.0 Å². The van der Waals surface area contributed by atoms with Gasteiger partial charge in [-0.2, -0.15) is 0 Å². The van der Waals surface area contributed by atoms with E-state index < -0.39 is 0 Å². The summed E-state index contributed by atoms with van der Waals surface area (Å²) in [4.78, 5) is 4.12. The summed E-state index contributed by atoms with van der Waals surface area (Å²) in [5, 5.41) is 3.75. The molecule has 0 amide bonds. The first-order chi connectivity index (χ1) is 9.56. The molecule has 1 saturated heterocycles. The van der Waals surface area contributed by atoms with Gasteiger partial charge in [0.1, 0.15) is 0 Å². The summed E-state index contributed by atoms with van der Waals surface area (Å²) in [6.45, 7) is 4.55. The second-order valence-electron chi connectivity index (χ2n) is 6.15. The van der Waals surface area contributed by atoms with Crippen molar-refractivity contribution >= 4 is 5.69 Å². The Morgan fingerprint density at radius 1 is 1.05 bits per heavy atom. The summed E-state index contributed by atoms with van der Waals surface area (Å²) < 4.78 is 0. The van der Waals surface area contributed by atoms with E-state index in [2.05, 4.69) is 48.4 Å². The van der Waals surface area contributed by atoms with Crippen molar-refractivity contribution in [3.8, 4) is 0 Å². The molecule has 1 aliphatic heterocycles. The number of rotatable bonds is 2. The van der Waals surface area contributed by atoms with Crippen molar-refractivity contribution in [3.05, 3.63) is 59.9 Å².